The van der Waals surface area contributed by atoms with E-state index in [1.165, 1.54) is 0 Å². The first-order valence-corrected chi connectivity index (χ1v) is 7.31. The molecule has 1 fully saturated rings. The number of carbonyl (C=O) groups is 1. The lowest BCUT2D eigenvalue weighted by atomic mass is 10.2. The molecule has 0 N–H and O–H groups in total. The number of ether oxygens (including phenoxy) is 1. The van der Waals surface area contributed by atoms with Crippen molar-refractivity contribution in [2.24, 2.45) is 0 Å². The van der Waals surface area contributed by atoms with Gasteiger partial charge in [-0.25, -0.2) is 14.8 Å². The van der Waals surface area contributed by atoms with E-state index in [2.05, 4.69) is 14.9 Å². The molecule has 0 radical (unpaired) electrons. The lowest BCUT2D eigenvalue weighted by Gasteiger charge is -2.35. The van der Waals surface area contributed by atoms with E-state index in [-0.39, 0.29) is 6.09 Å². The Hall–Kier alpha value is -1.69. The van der Waals surface area contributed by atoms with Crippen molar-refractivity contribution in [1.82, 2.24) is 19.8 Å². The van der Waals surface area contributed by atoms with Gasteiger partial charge in [0.1, 0.15) is 11.4 Å². The molecule has 1 amide bonds. The van der Waals surface area contributed by atoms with Crippen LogP contribution in [-0.2, 0) is 11.3 Å². The predicted octanol–water partition coefficient (Wildman–Crippen LogP) is 1.84. The van der Waals surface area contributed by atoms with Gasteiger partial charge in [0.25, 0.3) is 0 Å². The van der Waals surface area contributed by atoms with Gasteiger partial charge >= 0.3 is 6.09 Å². The molecule has 21 heavy (non-hydrogen) atoms. The predicted molar refractivity (Wildman–Crippen MR) is 79.9 cm³/mol. The Kier molecular flexibility index (Phi) is 4.77. The molecule has 0 bridgehead atoms. The van der Waals surface area contributed by atoms with Gasteiger partial charge in [-0.3, -0.25) is 4.90 Å². The van der Waals surface area contributed by atoms with Crippen LogP contribution in [0, 0.1) is 6.92 Å². The number of carbonyl (C=O) groups excluding carboxylic acids is 1. The summed E-state index contributed by atoms with van der Waals surface area (Å²) < 4.78 is 5.39. The van der Waals surface area contributed by atoms with Crippen LogP contribution in [0.1, 0.15) is 32.2 Å². The summed E-state index contributed by atoms with van der Waals surface area (Å²) in [6.45, 7) is 11.4. The molecule has 0 aliphatic carbocycles. The Morgan fingerprint density at radius 2 is 1.76 bits per heavy atom. The molecule has 1 aliphatic rings. The minimum Gasteiger partial charge on any atom is -0.444 e. The van der Waals surface area contributed by atoms with Crippen molar-refractivity contribution in [3.63, 3.8) is 0 Å². The van der Waals surface area contributed by atoms with E-state index < -0.39 is 5.60 Å². The van der Waals surface area contributed by atoms with Gasteiger partial charge in [0.15, 0.2) is 0 Å². The minimum atomic E-state index is -0.437. The Balaban J connectivity index is 1.80. The maximum Gasteiger partial charge on any atom is 0.410 e. The van der Waals surface area contributed by atoms with Crippen LogP contribution in [0.2, 0.25) is 0 Å². The second-order valence-corrected chi connectivity index (χ2v) is 6.38. The fourth-order valence-electron chi connectivity index (χ4n) is 2.17. The third-order valence-electron chi connectivity index (χ3n) is 3.26. The van der Waals surface area contributed by atoms with Crippen molar-refractivity contribution >= 4 is 6.09 Å². The number of aromatic nitrogens is 2. The number of nitrogens with zero attached hydrogens (tertiary/aromatic N) is 4. The Morgan fingerprint density at radius 1 is 1.19 bits per heavy atom. The van der Waals surface area contributed by atoms with E-state index in [4.69, 9.17) is 4.74 Å². The van der Waals surface area contributed by atoms with Crippen molar-refractivity contribution in [3.8, 4) is 0 Å². The monoisotopic (exact) mass is 292 g/mol. The number of amides is 1. The van der Waals surface area contributed by atoms with Gasteiger partial charge in [-0.2, -0.15) is 0 Å². The normalized spacial score (nSPS) is 16.9. The SMILES string of the molecule is Cc1ncc(CN2CCN(C(=O)OC(C)(C)C)CC2)cn1. The van der Waals surface area contributed by atoms with E-state index >= 15 is 0 Å². The first-order valence-electron chi connectivity index (χ1n) is 7.31. The van der Waals surface area contributed by atoms with Crippen molar-refractivity contribution in [1.29, 1.82) is 0 Å². The fourth-order valence-corrected chi connectivity index (χ4v) is 2.17. The van der Waals surface area contributed by atoms with Crippen LogP contribution in [0.25, 0.3) is 0 Å². The number of piperazine rings is 1. The van der Waals surface area contributed by atoms with E-state index in [0.29, 0.717) is 13.1 Å². The summed E-state index contributed by atoms with van der Waals surface area (Å²) in [4.78, 5) is 24.5. The van der Waals surface area contributed by atoms with Gasteiger partial charge in [-0.1, -0.05) is 0 Å². The summed E-state index contributed by atoms with van der Waals surface area (Å²) in [5.41, 5.74) is 0.666. The van der Waals surface area contributed by atoms with Gasteiger partial charge in [-0.05, 0) is 27.7 Å². The molecule has 6 heteroatoms. The van der Waals surface area contributed by atoms with Crippen LogP contribution in [0.3, 0.4) is 0 Å². The number of rotatable bonds is 2. The smallest absolute Gasteiger partial charge is 0.410 e. The highest BCUT2D eigenvalue weighted by Gasteiger charge is 2.25. The van der Waals surface area contributed by atoms with E-state index in [1.807, 2.05) is 40.1 Å². The molecule has 0 saturated carbocycles. The number of hydrogen-bond donors (Lipinski definition) is 0. The van der Waals surface area contributed by atoms with E-state index in [1.54, 1.807) is 4.90 Å². The topological polar surface area (TPSA) is 58.6 Å². The fraction of sp³-hybridized carbons (Fsp3) is 0.667. The molecule has 1 aliphatic heterocycles. The highest BCUT2D eigenvalue weighted by atomic mass is 16.6. The molecule has 0 spiro atoms. The summed E-state index contributed by atoms with van der Waals surface area (Å²) in [5.74, 6) is 0.786. The van der Waals surface area contributed by atoms with Crippen molar-refractivity contribution in [3.05, 3.63) is 23.8 Å². The third-order valence-corrected chi connectivity index (χ3v) is 3.26. The molecular formula is C15H24N4O2. The lowest BCUT2D eigenvalue weighted by Crippen LogP contribution is -2.49. The second-order valence-electron chi connectivity index (χ2n) is 6.38. The molecular weight excluding hydrogens is 268 g/mol. The van der Waals surface area contributed by atoms with Crippen LogP contribution < -0.4 is 0 Å². The van der Waals surface area contributed by atoms with Gasteiger partial charge in [0.05, 0.1) is 0 Å². The summed E-state index contributed by atoms with van der Waals surface area (Å²) >= 11 is 0. The Bertz CT molecular complexity index is 473. The quantitative estimate of drug-likeness (QED) is 0.832. The average molecular weight is 292 g/mol. The van der Waals surface area contributed by atoms with Crippen LogP contribution in [-0.4, -0.2) is 57.6 Å². The Morgan fingerprint density at radius 3 is 2.29 bits per heavy atom. The zero-order chi connectivity index (χ0) is 15.5. The molecule has 1 saturated heterocycles. The van der Waals surface area contributed by atoms with Gasteiger partial charge in [-0.15, -0.1) is 0 Å². The van der Waals surface area contributed by atoms with Crippen molar-refractivity contribution in [2.45, 2.75) is 39.8 Å². The van der Waals surface area contributed by atoms with Crippen LogP contribution in [0.4, 0.5) is 4.79 Å². The Labute approximate surface area is 126 Å². The summed E-state index contributed by atoms with van der Waals surface area (Å²) in [7, 11) is 0. The molecule has 0 aromatic carbocycles. The third kappa shape index (κ3) is 4.97. The largest absolute Gasteiger partial charge is 0.444 e. The number of aryl methyl sites for hydroxylation is 1. The van der Waals surface area contributed by atoms with E-state index in [9.17, 15) is 4.79 Å². The lowest BCUT2D eigenvalue weighted by molar-refractivity contribution is 0.0139. The maximum absolute atomic E-state index is 12.0. The first kappa shape index (κ1) is 15.7. The standard InChI is InChI=1S/C15H24N4O2/c1-12-16-9-13(10-17-12)11-18-5-7-19(8-6-18)14(20)21-15(2,3)4/h9-10H,5-8,11H2,1-4H3. The zero-order valence-electron chi connectivity index (χ0n) is 13.3. The average Bonchev–Trinajstić information content (AvgIpc) is 2.40. The summed E-state index contributed by atoms with van der Waals surface area (Å²) in [6.07, 6.45) is 3.51. The molecule has 0 unspecified atom stereocenters. The van der Waals surface area contributed by atoms with E-state index in [0.717, 1.165) is 31.0 Å². The first-order chi connectivity index (χ1) is 9.83. The molecule has 2 heterocycles. The van der Waals surface area contributed by atoms with Gasteiger partial charge in [0.2, 0.25) is 0 Å². The molecule has 2 rings (SSSR count). The molecule has 0 atom stereocenters. The highest BCUT2D eigenvalue weighted by molar-refractivity contribution is 5.68. The minimum absolute atomic E-state index is 0.221. The number of hydrogen-bond acceptors (Lipinski definition) is 5. The summed E-state index contributed by atoms with van der Waals surface area (Å²) in [5, 5.41) is 0. The molecule has 1 aromatic rings. The molecule has 1 aromatic heterocycles. The van der Waals surface area contributed by atoms with Crippen molar-refractivity contribution in [2.75, 3.05) is 26.2 Å². The zero-order valence-corrected chi connectivity index (χ0v) is 13.3. The molecule has 116 valence electrons. The maximum atomic E-state index is 12.0. The van der Waals surface area contributed by atoms with Crippen LogP contribution in [0.15, 0.2) is 12.4 Å². The van der Waals surface area contributed by atoms with Crippen LogP contribution >= 0.6 is 0 Å². The van der Waals surface area contributed by atoms with Gasteiger partial charge in [0, 0.05) is 50.7 Å². The highest BCUT2D eigenvalue weighted by Crippen LogP contribution is 2.13. The van der Waals surface area contributed by atoms with Gasteiger partial charge < -0.3 is 9.64 Å². The molecule has 6 nitrogen and oxygen atoms in total. The summed E-state index contributed by atoms with van der Waals surface area (Å²) in [6, 6.07) is 0. The van der Waals surface area contributed by atoms with Crippen molar-refractivity contribution < 1.29 is 9.53 Å². The van der Waals surface area contributed by atoms with Crippen LogP contribution in [0.5, 0.6) is 0 Å². The second kappa shape index (κ2) is 6.39.